The van der Waals surface area contributed by atoms with Gasteiger partial charge in [0, 0.05) is 15.7 Å². The van der Waals surface area contributed by atoms with Crippen LogP contribution in [-0.4, -0.2) is 17.7 Å². The Morgan fingerprint density at radius 1 is 1.27 bits per heavy atom. The first kappa shape index (κ1) is 20.5. The van der Waals surface area contributed by atoms with Gasteiger partial charge in [0.1, 0.15) is 11.8 Å². The van der Waals surface area contributed by atoms with E-state index in [1.54, 1.807) is 0 Å². The maximum absolute atomic E-state index is 12.4. The minimum absolute atomic E-state index is 0.351. The van der Waals surface area contributed by atoms with Crippen LogP contribution >= 0.6 is 0 Å². The molecule has 0 fully saturated rings. The van der Waals surface area contributed by atoms with Gasteiger partial charge in [-0.15, -0.1) is 0 Å². The highest BCUT2D eigenvalue weighted by atomic mass is 16.3. The summed E-state index contributed by atoms with van der Waals surface area (Å²) in [5.41, 5.74) is 3.91. The van der Waals surface area contributed by atoms with Crippen LogP contribution in [-0.2, 0) is 4.79 Å². The van der Waals surface area contributed by atoms with Gasteiger partial charge in [-0.2, -0.15) is 0 Å². The molecule has 22 heavy (non-hydrogen) atoms. The van der Waals surface area contributed by atoms with Crippen LogP contribution in [0.1, 0.15) is 54.9 Å². The molecule has 0 radical (unpaired) electrons. The molecular weight excluding hydrogens is 280 g/mol. The van der Waals surface area contributed by atoms with Crippen molar-refractivity contribution in [1.29, 1.82) is 0 Å². The van der Waals surface area contributed by atoms with Gasteiger partial charge < -0.3 is 10.8 Å². The van der Waals surface area contributed by atoms with Crippen LogP contribution < -0.4 is 10.8 Å². The van der Waals surface area contributed by atoms with Crippen molar-refractivity contribution in [3.63, 3.8) is 0 Å². The van der Waals surface area contributed by atoms with Gasteiger partial charge in [0.05, 0.1) is 4.76 Å². The van der Waals surface area contributed by atoms with Crippen molar-refractivity contribution in [2.75, 3.05) is 7.05 Å². The second kappa shape index (κ2) is 6.71. The van der Waals surface area contributed by atoms with E-state index in [0.717, 1.165) is 6.42 Å². The Bertz CT molecular complexity index is 459. The van der Waals surface area contributed by atoms with Crippen molar-refractivity contribution in [2.24, 2.45) is 27.9 Å². The number of carbonyl (C=O) groups excluding carboxylic acids is 1. The van der Waals surface area contributed by atoms with E-state index in [1.165, 1.54) is 13.1 Å². The highest BCUT2D eigenvalue weighted by molar-refractivity contribution is 5.72. The fourth-order valence-electron chi connectivity index (χ4n) is 2.22. The second-order valence-corrected chi connectivity index (χ2v) is 7.81. The van der Waals surface area contributed by atoms with Crippen LogP contribution in [0, 0.1) is 33.5 Å². The number of hydrogen-bond donors (Lipinski definition) is 1. The lowest BCUT2D eigenvalue weighted by molar-refractivity contribution is -0.444. The van der Waals surface area contributed by atoms with Crippen molar-refractivity contribution in [3.05, 3.63) is 23.3 Å². The summed E-state index contributed by atoms with van der Waals surface area (Å²) in [6.45, 7) is 13.6. The summed E-state index contributed by atoms with van der Waals surface area (Å²) >= 11 is 0. The molecule has 0 aliphatic rings. The molecule has 0 spiro atoms. The van der Waals surface area contributed by atoms with E-state index < -0.39 is 28.5 Å². The van der Waals surface area contributed by atoms with E-state index >= 15 is 0 Å². The quantitative estimate of drug-likeness (QED) is 0.444. The standard InChI is InChI=1S/C17H31N2O3/c1-9-15(2,3)12(14(21)19(8)22)10-16(4,5)17(6,7)11-13(18)20/h10-12H,9,18H2,1-8H3/q+1. The molecule has 1 amide bonds. The summed E-state index contributed by atoms with van der Waals surface area (Å²) in [5.74, 6) is -1.49. The number of nitrogens with zero attached hydrogens (tertiary/aromatic N) is 1. The molecule has 0 saturated heterocycles. The third-order valence-corrected chi connectivity index (χ3v) is 5.08. The van der Waals surface area contributed by atoms with Crippen molar-refractivity contribution >= 4 is 5.91 Å². The molecule has 0 aromatic rings. The molecule has 1 atom stereocenters. The van der Waals surface area contributed by atoms with Crippen molar-refractivity contribution in [2.45, 2.75) is 54.9 Å². The Labute approximate surface area is 134 Å². The summed E-state index contributed by atoms with van der Waals surface area (Å²) in [6, 6.07) is 0. The van der Waals surface area contributed by atoms with Gasteiger partial charge in [0.15, 0.2) is 7.05 Å². The summed E-state index contributed by atoms with van der Waals surface area (Å²) in [5, 5.41) is 11.3. The van der Waals surface area contributed by atoms with Gasteiger partial charge in [-0.05, 0) is 20.3 Å². The Balaban J connectivity index is 5.70. The monoisotopic (exact) mass is 311 g/mol. The van der Waals surface area contributed by atoms with Gasteiger partial charge in [-0.25, -0.2) is 4.79 Å². The molecule has 0 aromatic heterocycles. The van der Waals surface area contributed by atoms with Crippen LogP contribution in [0.25, 0.3) is 0 Å². The lowest BCUT2D eigenvalue weighted by atomic mass is 9.60. The number of carbonyl (C=O) groups is 1. The molecule has 0 aliphatic heterocycles. The molecule has 5 nitrogen and oxygen atoms in total. The fourth-order valence-corrected chi connectivity index (χ4v) is 2.22. The summed E-state index contributed by atoms with van der Waals surface area (Å²) < 4.78 is 0.388. The van der Waals surface area contributed by atoms with Crippen molar-refractivity contribution in [3.8, 4) is 0 Å². The third kappa shape index (κ3) is 4.75. The largest absolute Gasteiger partial charge is 0.861 e. The zero-order chi connectivity index (χ0) is 17.9. The smallest absolute Gasteiger partial charge is 0.480 e. The van der Waals surface area contributed by atoms with E-state index in [1.807, 2.05) is 54.9 Å². The molecule has 0 aromatic carbocycles. The number of allylic oxidation sites excluding steroid dienone is 1. The SMILES string of the molecule is CCC(C)(C)C([CH+]C(C)(C)C(C)(C)C=C(N)[O-])C(=O)[N+](C)=O. The lowest BCUT2D eigenvalue weighted by Gasteiger charge is -2.37. The Hall–Kier alpha value is -1.52. The molecule has 0 saturated carbocycles. The molecule has 1 unspecified atom stereocenters. The topological polar surface area (TPSA) is 86.2 Å². The summed E-state index contributed by atoms with van der Waals surface area (Å²) in [4.78, 5) is 23.9. The van der Waals surface area contributed by atoms with Gasteiger partial charge in [-0.1, -0.05) is 46.6 Å². The molecular formula is C17H31N2O3+. The first-order chi connectivity index (χ1) is 9.68. The maximum Gasteiger partial charge on any atom is 0.480 e. The third-order valence-electron chi connectivity index (χ3n) is 5.08. The van der Waals surface area contributed by atoms with Crippen LogP contribution in [0.3, 0.4) is 0 Å². The number of rotatable bonds is 7. The van der Waals surface area contributed by atoms with Gasteiger partial charge in [-0.3, -0.25) is 0 Å². The lowest BCUT2D eigenvalue weighted by Crippen LogP contribution is -2.43. The number of hydrogen-bond acceptors (Lipinski definition) is 4. The molecule has 2 N–H and O–H groups in total. The zero-order valence-electron chi connectivity index (χ0n) is 15.2. The predicted molar refractivity (Wildman–Crippen MR) is 86.3 cm³/mol. The average Bonchev–Trinajstić information content (AvgIpc) is 2.33. The normalized spacial score (nSPS) is 15.4. The first-order valence-corrected chi connectivity index (χ1v) is 7.64. The maximum atomic E-state index is 12.4. The van der Waals surface area contributed by atoms with Crippen LogP contribution in [0.15, 0.2) is 12.0 Å². The first-order valence-electron chi connectivity index (χ1n) is 7.64. The fraction of sp³-hybridized carbons (Fsp3) is 0.765. The van der Waals surface area contributed by atoms with Crippen LogP contribution in [0.4, 0.5) is 0 Å². The van der Waals surface area contributed by atoms with Crippen molar-refractivity contribution < 1.29 is 14.7 Å². The molecule has 5 heteroatoms. The van der Waals surface area contributed by atoms with Gasteiger partial charge in [0.25, 0.3) is 0 Å². The predicted octanol–water partition coefficient (Wildman–Crippen LogP) is 2.39. The zero-order valence-corrected chi connectivity index (χ0v) is 15.2. The summed E-state index contributed by atoms with van der Waals surface area (Å²) in [6.07, 6.45) is 4.11. The number of nitrogens with two attached hydrogens (primary N) is 1. The van der Waals surface area contributed by atoms with E-state index in [4.69, 9.17) is 5.73 Å². The molecule has 0 rings (SSSR count). The van der Waals surface area contributed by atoms with E-state index in [9.17, 15) is 14.8 Å². The van der Waals surface area contributed by atoms with E-state index in [2.05, 4.69) is 0 Å². The second-order valence-electron chi connectivity index (χ2n) is 7.81. The van der Waals surface area contributed by atoms with Crippen LogP contribution in [0.5, 0.6) is 0 Å². The highest BCUT2D eigenvalue weighted by Crippen LogP contribution is 2.47. The van der Waals surface area contributed by atoms with E-state index in [-0.39, 0.29) is 5.41 Å². The van der Waals surface area contributed by atoms with E-state index in [0.29, 0.717) is 4.76 Å². The molecule has 0 heterocycles. The Kier molecular flexibility index (Phi) is 6.25. The van der Waals surface area contributed by atoms with Crippen LogP contribution in [0.2, 0.25) is 0 Å². The van der Waals surface area contributed by atoms with Gasteiger partial charge in [0.2, 0.25) is 5.92 Å². The highest BCUT2D eigenvalue weighted by Gasteiger charge is 2.55. The minimum Gasteiger partial charge on any atom is -0.861 e. The Morgan fingerprint density at radius 2 is 1.73 bits per heavy atom. The summed E-state index contributed by atoms with van der Waals surface area (Å²) in [7, 11) is 1.22. The molecule has 126 valence electrons. The minimum atomic E-state index is -0.539. The Morgan fingerprint density at radius 3 is 2.05 bits per heavy atom. The van der Waals surface area contributed by atoms with Crippen molar-refractivity contribution in [1.82, 2.24) is 0 Å². The molecule has 0 bridgehead atoms. The number of amides is 1. The molecule has 0 aliphatic carbocycles. The average molecular weight is 311 g/mol. The van der Waals surface area contributed by atoms with Gasteiger partial charge >= 0.3 is 5.91 Å². The number of nitroso groups, excluding NO2 is 1.